The standard InChI is InChI=1S/2C32H37N5O6.3C4H6O4/c2*1-33-32(40)37-14-10-25-19-29(28(21-27(25)37)42-18-17-41-2)43-26-7-11-34-30(20-26)35-31(39)24-5-3-22(4-6-24)23-8-12-36(13-9-23)15-16-38;3*5-3(6)1-2-4(7)8/h2*3-7,10-11,14,19-21,23,38H,8-9,12-13,15-18H2,1-2H3,(H,33,40)(H,34,35,39);3*1-2H2,(H,5,6)(H,7,8). The number of carboxylic acids is 6. The maximum absolute atomic E-state index is 13.0. The minimum absolute atomic E-state index is 0.188. The van der Waals surface area contributed by atoms with Crippen LogP contribution >= 0.6 is 0 Å². The highest BCUT2D eigenvalue weighted by Gasteiger charge is 2.24. The van der Waals surface area contributed by atoms with Crippen LogP contribution in [0.3, 0.4) is 0 Å². The van der Waals surface area contributed by atoms with Crippen molar-refractivity contribution in [3.63, 3.8) is 0 Å². The average Bonchev–Trinajstić information content (AvgIpc) is 1.63. The molecule has 590 valence electrons. The van der Waals surface area contributed by atoms with Crippen LogP contribution in [0.15, 0.2) is 134 Å². The molecule has 0 saturated carbocycles. The third-order valence-electron chi connectivity index (χ3n) is 16.8. The molecular formula is C76H92N10O24. The number of likely N-dealkylation sites (tertiary alicyclic amines) is 2. The molecule has 2 saturated heterocycles. The minimum atomic E-state index is -1.08. The van der Waals surface area contributed by atoms with Crippen molar-refractivity contribution in [2.45, 2.75) is 76.0 Å². The number of hydrogen-bond acceptors (Lipinski definition) is 22. The van der Waals surface area contributed by atoms with Crippen molar-refractivity contribution >= 4 is 93.1 Å². The van der Waals surface area contributed by atoms with Crippen molar-refractivity contribution in [1.29, 1.82) is 0 Å². The second-order valence-corrected chi connectivity index (χ2v) is 24.5. The SMILES string of the molecule is CNC(=O)n1ccc2cc(Oc3ccnc(NC(=O)c4ccc(C5CCN(CCO)CC5)cc4)c3)c(OCCOC)cc21.CNC(=O)n1ccc2cc(Oc3ccnc(NC(=O)c4ccc(C5CCN(CCO)CC5)cc4)c3)c(OCCOC)cc21.O=C(O)CCC(=O)O.O=C(O)CCC(=O)O.O=C(O)CCC(=O)O. The van der Waals surface area contributed by atoms with Gasteiger partial charge in [0.15, 0.2) is 23.0 Å². The Morgan fingerprint density at radius 1 is 0.427 bits per heavy atom. The van der Waals surface area contributed by atoms with Gasteiger partial charge in [-0.3, -0.25) is 47.5 Å². The summed E-state index contributed by atoms with van der Waals surface area (Å²) >= 11 is 0. The van der Waals surface area contributed by atoms with Crippen LogP contribution in [0.2, 0.25) is 0 Å². The lowest BCUT2D eigenvalue weighted by atomic mass is 9.89. The largest absolute Gasteiger partial charge is 0.487 e. The number of fused-ring (bicyclic) bond motifs is 2. The van der Waals surface area contributed by atoms with E-state index in [9.17, 15) is 47.9 Å². The molecule has 0 bridgehead atoms. The summed E-state index contributed by atoms with van der Waals surface area (Å²) in [6.07, 6.45) is 8.85. The molecule has 0 aliphatic carbocycles. The van der Waals surface area contributed by atoms with E-state index in [-0.39, 0.29) is 75.6 Å². The van der Waals surface area contributed by atoms with Crippen molar-refractivity contribution in [3.05, 3.63) is 156 Å². The number of amides is 4. The van der Waals surface area contributed by atoms with Crippen LogP contribution in [0.4, 0.5) is 21.2 Å². The van der Waals surface area contributed by atoms with Gasteiger partial charge in [0, 0.05) is 112 Å². The molecule has 2 aliphatic rings. The van der Waals surface area contributed by atoms with Gasteiger partial charge in [-0.05, 0) is 135 Å². The third-order valence-corrected chi connectivity index (χ3v) is 16.8. The van der Waals surface area contributed by atoms with E-state index < -0.39 is 35.8 Å². The lowest BCUT2D eigenvalue weighted by Gasteiger charge is -2.31. The summed E-state index contributed by atoms with van der Waals surface area (Å²) in [5, 5.41) is 78.3. The number of carbonyl (C=O) groups excluding carboxylic acids is 4. The molecule has 4 aromatic carbocycles. The molecule has 34 nitrogen and oxygen atoms in total. The van der Waals surface area contributed by atoms with Crippen LogP contribution in [0.5, 0.6) is 34.5 Å². The molecule has 8 aromatic rings. The van der Waals surface area contributed by atoms with Crippen molar-refractivity contribution in [2.24, 2.45) is 0 Å². The molecule has 10 rings (SSSR count). The number of benzene rings is 4. The Kier molecular flexibility index (Phi) is 36.0. The fraction of sp³-hybridized carbons (Fsp3) is 0.368. The first-order chi connectivity index (χ1) is 52.8. The number of carbonyl (C=O) groups is 10. The van der Waals surface area contributed by atoms with Crippen LogP contribution in [-0.2, 0) is 38.2 Å². The monoisotopic (exact) mass is 1530 g/mol. The van der Waals surface area contributed by atoms with E-state index in [2.05, 4.69) is 41.0 Å². The summed E-state index contributed by atoms with van der Waals surface area (Å²) in [5.74, 6) is -2.73. The first-order valence-corrected chi connectivity index (χ1v) is 34.9. The van der Waals surface area contributed by atoms with E-state index in [1.807, 2.05) is 60.7 Å². The summed E-state index contributed by atoms with van der Waals surface area (Å²) in [6.45, 7) is 7.02. The van der Waals surface area contributed by atoms with E-state index in [1.165, 1.54) is 20.3 Å². The van der Waals surface area contributed by atoms with Crippen LogP contribution in [0, 0.1) is 0 Å². The zero-order valence-electron chi connectivity index (χ0n) is 61.2. The maximum atomic E-state index is 13.0. The van der Waals surface area contributed by atoms with Crippen LogP contribution in [-0.4, -0.2) is 237 Å². The van der Waals surface area contributed by atoms with Crippen molar-refractivity contribution < 1.29 is 117 Å². The van der Waals surface area contributed by atoms with E-state index in [0.717, 1.165) is 75.7 Å². The number of aliphatic hydroxyl groups excluding tert-OH is 2. The topological polar surface area (TPSA) is 478 Å². The number of nitrogens with one attached hydrogen (secondary N) is 4. The third kappa shape index (κ3) is 28.9. The number of aliphatic carboxylic acids is 6. The van der Waals surface area contributed by atoms with Gasteiger partial charge in [-0.2, -0.15) is 0 Å². The highest BCUT2D eigenvalue weighted by Crippen LogP contribution is 2.39. The molecule has 4 aromatic heterocycles. The fourth-order valence-corrected chi connectivity index (χ4v) is 11.2. The maximum Gasteiger partial charge on any atom is 0.325 e. The van der Waals surface area contributed by atoms with Crippen molar-refractivity contribution in [2.75, 3.05) is 118 Å². The van der Waals surface area contributed by atoms with Crippen molar-refractivity contribution in [3.8, 4) is 34.5 Å². The van der Waals surface area contributed by atoms with Gasteiger partial charge in [-0.25, -0.2) is 19.6 Å². The molecule has 4 amide bonds. The number of carboxylic acid groups (broad SMARTS) is 6. The molecule has 2 fully saturated rings. The Morgan fingerprint density at radius 3 is 1.05 bits per heavy atom. The normalized spacial score (nSPS) is 12.8. The Balaban J connectivity index is 0.000000264. The zero-order chi connectivity index (χ0) is 80.1. The summed E-state index contributed by atoms with van der Waals surface area (Å²) < 4.78 is 37.5. The van der Waals surface area contributed by atoms with Gasteiger partial charge in [0.1, 0.15) is 36.3 Å². The number of rotatable bonds is 31. The van der Waals surface area contributed by atoms with Crippen LogP contribution < -0.4 is 40.2 Å². The first-order valence-electron chi connectivity index (χ1n) is 34.9. The van der Waals surface area contributed by atoms with Crippen LogP contribution in [0.1, 0.15) is 108 Å². The lowest BCUT2D eigenvalue weighted by Crippen LogP contribution is -2.34. The molecule has 0 atom stereocenters. The number of pyridine rings is 2. The van der Waals surface area contributed by atoms with Gasteiger partial charge in [-0.15, -0.1) is 0 Å². The second kappa shape index (κ2) is 45.5. The predicted octanol–water partition coefficient (Wildman–Crippen LogP) is 8.74. The number of methoxy groups -OCH3 is 2. The smallest absolute Gasteiger partial charge is 0.325 e. The van der Waals surface area contributed by atoms with E-state index in [0.29, 0.717) is 107 Å². The molecule has 2 aliphatic heterocycles. The first kappa shape index (κ1) is 86.8. The van der Waals surface area contributed by atoms with E-state index in [1.54, 1.807) is 102 Å². The van der Waals surface area contributed by atoms with Gasteiger partial charge < -0.3 is 100 Å². The zero-order valence-corrected chi connectivity index (χ0v) is 61.2. The summed E-state index contributed by atoms with van der Waals surface area (Å²) in [4.78, 5) is 122. The predicted molar refractivity (Wildman–Crippen MR) is 400 cm³/mol. The fourth-order valence-electron chi connectivity index (χ4n) is 11.2. The van der Waals surface area contributed by atoms with Gasteiger partial charge in [0.2, 0.25) is 0 Å². The summed E-state index contributed by atoms with van der Waals surface area (Å²) in [5.41, 5.74) is 4.85. The van der Waals surface area contributed by atoms with Gasteiger partial charge in [-0.1, -0.05) is 24.3 Å². The average molecular weight is 1530 g/mol. The molecular weight excluding hydrogens is 1440 g/mol. The number of aliphatic hydroxyl groups is 2. The number of anilines is 2. The Bertz CT molecular complexity index is 4020. The summed E-state index contributed by atoms with van der Waals surface area (Å²) in [7, 11) is 6.32. The van der Waals surface area contributed by atoms with Crippen LogP contribution in [0.25, 0.3) is 21.8 Å². The highest BCUT2D eigenvalue weighted by molar-refractivity contribution is 6.04. The molecule has 0 spiro atoms. The Morgan fingerprint density at radius 2 is 0.755 bits per heavy atom. The number of nitrogens with zero attached hydrogens (tertiary/aromatic N) is 6. The number of β-amino-alcohol motifs (C(OH)–C–C–N with tert-alkyl or cyclic N) is 2. The highest BCUT2D eigenvalue weighted by atomic mass is 16.5. The van der Waals surface area contributed by atoms with E-state index >= 15 is 0 Å². The molecule has 0 unspecified atom stereocenters. The van der Waals surface area contributed by atoms with Gasteiger partial charge in [0.05, 0.1) is 76.0 Å². The number of ether oxygens (including phenoxy) is 6. The summed E-state index contributed by atoms with van der Waals surface area (Å²) in [6, 6.07) is 32.3. The van der Waals surface area contributed by atoms with Gasteiger partial charge >= 0.3 is 47.9 Å². The van der Waals surface area contributed by atoms with Gasteiger partial charge in [0.25, 0.3) is 11.8 Å². The van der Waals surface area contributed by atoms with Crippen molar-refractivity contribution in [1.82, 2.24) is 39.5 Å². The number of aromatic nitrogens is 4. The minimum Gasteiger partial charge on any atom is -0.487 e. The number of hydrogen-bond donors (Lipinski definition) is 12. The Labute approximate surface area is 632 Å². The Hall–Kier alpha value is -12.1. The lowest BCUT2D eigenvalue weighted by molar-refractivity contribution is -0.143. The van der Waals surface area contributed by atoms with E-state index in [4.69, 9.17) is 69.3 Å². The molecule has 6 heterocycles. The second-order valence-electron chi connectivity index (χ2n) is 24.5. The molecule has 12 N–H and O–H groups in total. The quantitative estimate of drug-likeness (QED) is 0.0181. The number of piperidine rings is 2. The molecule has 0 radical (unpaired) electrons. The molecule has 110 heavy (non-hydrogen) atoms. The molecule has 34 heteroatoms.